The smallest absolute Gasteiger partial charge is 0.167 e. The van der Waals surface area contributed by atoms with E-state index in [0.29, 0.717) is 5.75 Å². The summed E-state index contributed by atoms with van der Waals surface area (Å²) in [5, 5.41) is 9.72. The Hall–Kier alpha value is -2.10. The molecule has 0 spiro atoms. The van der Waals surface area contributed by atoms with E-state index < -0.39 is 11.6 Å². The first-order valence-electron chi connectivity index (χ1n) is 5.36. The Bertz CT molecular complexity index is 595. The summed E-state index contributed by atoms with van der Waals surface area (Å²) in [5.74, 6) is -1.55. The predicted molar refractivity (Wildman–Crippen MR) is 64.7 cm³/mol. The summed E-state index contributed by atoms with van der Waals surface area (Å²) < 4.78 is 32.3. The van der Waals surface area contributed by atoms with E-state index in [4.69, 9.17) is 4.74 Å². The molecule has 1 N–H and O–H groups in total. The maximum atomic E-state index is 13.8. The van der Waals surface area contributed by atoms with Gasteiger partial charge in [-0.1, -0.05) is 12.1 Å². The molecule has 0 heterocycles. The number of aryl methyl sites for hydroxylation is 1. The van der Waals surface area contributed by atoms with Crippen molar-refractivity contribution >= 4 is 0 Å². The SMILES string of the molecule is COc1ccc(O)c(-c2ccc(C)c(F)c2F)c1. The van der Waals surface area contributed by atoms with E-state index in [2.05, 4.69) is 0 Å². The zero-order valence-electron chi connectivity index (χ0n) is 10.00. The van der Waals surface area contributed by atoms with Gasteiger partial charge in [-0.05, 0) is 30.7 Å². The molecule has 0 amide bonds. The first-order chi connectivity index (χ1) is 8.54. The Morgan fingerprint density at radius 2 is 1.72 bits per heavy atom. The molecule has 0 radical (unpaired) electrons. The number of phenols is 1. The molecule has 2 aromatic carbocycles. The van der Waals surface area contributed by atoms with Crippen molar-refractivity contribution in [2.45, 2.75) is 6.92 Å². The molecule has 0 aliphatic carbocycles. The molecule has 0 unspecified atom stereocenters. The zero-order valence-corrected chi connectivity index (χ0v) is 10.00. The van der Waals surface area contributed by atoms with Gasteiger partial charge < -0.3 is 9.84 Å². The van der Waals surface area contributed by atoms with Crippen molar-refractivity contribution in [1.82, 2.24) is 0 Å². The summed E-state index contributed by atoms with van der Waals surface area (Å²) in [5.41, 5.74) is 0.430. The van der Waals surface area contributed by atoms with E-state index >= 15 is 0 Å². The van der Waals surface area contributed by atoms with Crippen molar-refractivity contribution in [1.29, 1.82) is 0 Å². The van der Waals surface area contributed by atoms with Crippen LogP contribution >= 0.6 is 0 Å². The molecule has 0 saturated heterocycles. The van der Waals surface area contributed by atoms with Crippen molar-refractivity contribution in [3.05, 3.63) is 47.5 Å². The van der Waals surface area contributed by atoms with Crippen LogP contribution in [0.25, 0.3) is 11.1 Å². The minimum absolute atomic E-state index is 0.00880. The van der Waals surface area contributed by atoms with Gasteiger partial charge in [0.15, 0.2) is 11.6 Å². The maximum absolute atomic E-state index is 13.8. The van der Waals surface area contributed by atoms with Crippen molar-refractivity contribution in [3.8, 4) is 22.6 Å². The summed E-state index contributed by atoms with van der Waals surface area (Å²) in [7, 11) is 1.46. The second-order valence-electron chi connectivity index (χ2n) is 3.94. The highest BCUT2D eigenvalue weighted by Crippen LogP contribution is 2.35. The Labute approximate surface area is 103 Å². The van der Waals surface area contributed by atoms with Gasteiger partial charge in [-0.2, -0.15) is 0 Å². The number of ether oxygens (including phenoxy) is 1. The van der Waals surface area contributed by atoms with Crippen molar-refractivity contribution in [3.63, 3.8) is 0 Å². The summed E-state index contributed by atoms with van der Waals surface area (Å²) in [6.07, 6.45) is 0. The number of hydrogen-bond acceptors (Lipinski definition) is 2. The number of rotatable bonds is 2. The van der Waals surface area contributed by atoms with Gasteiger partial charge in [-0.15, -0.1) is 0 Å². The van der Waals surface area contributed by atoms with Crippen LogP contribution in [0.3, 0.4) is 0 Å². The second kappa shape index (κ2) is 4.64. The minimum atomic E-state index is -0.974. The van der Waals surface area contributed by atoms with Crippen molar-refractivity contribution in [2.24, 2.45) is 0 Å². The third-order valence-corrected chi connectivity index (χ3v) is 2.77. The Morgan fingerprint density at radius 3 is 2.39 bits per heavy atom. The number of benzene rings is 2. The van der Waals surface area contributed by atoms with Crippen LogP contribution in [0, 0.1) is 18.6 Å². The largest absolute Gasteiger partial charge is 0.507 e. The van der Waals surface area contributed by atoms with Crippen LogP contribution in [0.2, 0.25) is 0 Å². The number of hydrogen-bond donors (Lipinski definition) is 1. The van der Waals surface area contributed by atoms with Gasteiger partial charge in [0.1, 0.15) is 11.5 Å². The molecule has 4 heteroatoms. The number of halogens is 2. The molecule has 0 aromatic heterocycles. The van der Waals surface area contributed by atoms with Gasteiger partial charge in [0.2, 0.25) is 0 Å². The zero-order chi connectivity index (χ0) is 13.3. The standard InChI is InChI=1S/C14H12F2O2/c1-8-3-5-10(14(16)13(8)15)11-7-9(18-2)4-6-12(11)17/h3-7,17H,1-2H3. The van der Waals surface area contributed by atoms with Crippen LogP contribution in [0.4, 0.5) is 8.78 Å². The van der Waals surface area contributed by atoms with Crippen LogP contribution in [0.15, 0.2) is 30.3 Å². The lowest BCUT2D eigenvalue weighted by molar-refractivity contribution is 0.412. The maximum Gasteiger partial charge on any atom is 0.167 e. The van der Waals surface area contributed by atoms with Gasteiger partial charge in [0, 0.05) is 11.1 Å². The molecular weight excluding hydrogens is 238 g/mol. The fourth-order valence-corrected chi connectivity index (χ4v) is 1.71. The molecule has 2 nitrogen and oxygen atoms in total. The molecule has 94 valence electrons. The predicted octanol–water partition coefficient (Wildman–Crippen LogP) is 3.65. The lowest BCUT2D eigenvalue weighted by Gasteiger charge is -2.09. The average molecular weight is 250 g/mol. The van der Waals surface area contributed by atoms with Gasteiger partial charge in [-0.25, -0.2) is 8.78 Å². The average Bonchev–Trinajstić information content (AvgIpc) is 2.37. The molecule has 0 aliphatic heterocycles. The Kier molecular flexibility index (Phi) is 3.19. The monoisotopic (exact) mass is 250 g/mol. The molecule has 2 aromatic rings. The van der Waals surface area contributed by atoms with Crippen LogP contribution < -0.4 is 4.74 Å². The highest BCUT2D eigenvalue weighted by Gasteiger charge is 2.15. The minimum Gasteiger partial charge on any atom is -0.507 e. The van der Waals surface area contributed by atoms with E-state index in [0.717, 1.165) is 0 Å². The lowest BCUT2D eigenvalue weighted by Crippen LogP contribution is -1.94. The third kappa shape index (κ3) is 2.01. The number of aromatic hydroxyl groups is 1. The third-order valence-electron chi connectivity index (χ3n) is 2.77. The molecule has 0 aliphatic rings. The molecule has 2 rings (SSSR count). The van der Waals surface area contributed by atoms with Gasteiger partial charge in [-0.3, -0.25) is 0 Å². The van der Waals surface area contributed by atoms with E-state index in [1.54, 1.807) is 6.07 Å². The highest BCUT2D eigenvalue weighted by molar-refractivity contribution is 5.72. The van der Waals surface area contributed by atoms with Gasteiger partial charge >= 0.3 is 0 Å². The summed E-state index contributed by atoms with van der Waals surface area (Å²) in [4.78, 5) is 0. The lowest BCUT2D eigenvalue weighted by atomic mass is 10.0. The quantitative estimate of drug-likeness (QED) is 0.881. The Balaban J connectivity index is 2.65. The molecule has 0 bridgehead atoms. The van der Waals surface area contributed by atoms with Crippen molar-refractivity contribution < 1.29 is 18.6 Å². The number of phenolic OH excluding ortho intramolecular Hbond substituents is 1. The molecular formula is C14H12F2O2. The van der Waals surface area contributed by atoms with E-state index in [1.165, 1.54) is 38.3 Å². The van der Waals surface area contributed by atoms with E-state index in [-0.39, 0.29) is 22.4 Å². The Morgan fingerprint density at radius 1 is 1.00 bits per heavy atom. The molecule has 0 fully saturated rings. The topological polar surface area (TPSA) is 29.5 Å². The van der Waals surface area contributed by atoms with Crippen LogP contribution in [-0.4, -0.2) is 12.2 Å². The second-order valence-corrected chi connectivity index (χ2v) is 3.94. The van der Waals surface area contributed by atoms with Crippen LogP contribution in [-0.2, 0) is 0 Å². The molecule has 0 saturated carbocycles. The fourth-order valence-electron chi connectivity index (χ4n) is 1.71. The molecule has 0 atom stereocenters. The summed E-state index contributed by atoms with van der Waals surface area (Å²) in [6, 6.07) is 7.28. The van der Waals surface area contributed by atoms with Crippen LogP contribution in [0.5, 0.6) is 11.5 Å². The number of methoxy groups -OCH3 is 1. The van der Waals surface area contributed by atoms with Crippen molar-refractivity contribution in [2.75, 3.05) is 7.11 Å². The van der Waals surface area contributed by atoms with Gasteiger partial charge in [0.05, 0.1) is 7.11 Å². The first kappa shape index (κ1) is 12.4. The normalized spacial score (nSPS) is 10.4. The highest BCUT2D eigenvalue weighted by atomic mass is 19.2. The first-order valence-corrected chi connectivity index (χ1v) is 5.36. The molecule has 18 heavy (non-hydrogen) atoms. The van der Waals surface area contributed by atoms with E-state index in [9.17, 15) is 13.9 Å². The summed E-state index contributed by atoms with van der Waals surface area (Å²) >= 11 is 0. The van der Waals surface area contributed by atoms with Crippen LogP contribution in [0.1, 0.15) is 5.56 Å². The summed E-state index contributed by atoms with van der Waals surface area (Å²) in [6.45, 7) is 1.48. The van der Waals surface area contributed by atoms with E-state index in [1.807, 2.05) is 0 Å². The van der Waals surface area contributed by atoms with Gasteiger partial charge in [0.25, 0.3) is 0 Å². The fraction of sp³-hybridized carbons (Fsp3) is 0.143.